The zero-order valence-electron chi connectivity index (χ0n) is 13.7. The maximum atomic E-state index is 12.4. The van der Waals surface area contributed by atoms with Crippen molar-refractivity contribution in [3.63, 3.8) is 0 Å². The standard InChI is InChI=1S/C17H23N5O/c1-13(21-10-6-7-11-21)12-18-17(23)16-14(2)19-22(20-16)15-8-4-3-5-9-15/h3-5,8-9,13H,6-7,10-12H2,1-2H3,(H,18,23)/t13-/m0/s1. The molecule has 2 heterocycles. The molecule has 1 aliphatic rings. The van der Waals surface area contributed by atoms with Crippen LogP contribution < -0.4 is 5.32 Å². The summed E-state index contributed by atoms with van der Waals surface area (Å²) in [6.07, 6.45) is 2.51. The minimum absolute atomic E-state index is 0.157. The highest BCUT2D eigenvalue weighted by atomic mass is 16.2. The van der Waals surface area contributed by atoms with Crippen molar-refractivity contribution < 1.29 is 4.79 Å². The Morgan fingerprint density at radius 2 is 1.91 bits per heavy atom. The molecule has 0 radical (unpaired) electrons. The molecule has 6 heteroatoms. The molecule has 0 unspecified atom stereocenters. The second kappa shape index (κ2) is 6.91. The third-order valence-electron chi connectivity index (χ3n) is 4.31. The maximum absolute atomic E-state index is 12.4. The van der Waals surface area contributed by atoms with E-state index in [1.807, 2.05) is 37.3 Å². The first-order valence-electron chi connectivity index (χ1n) is 8.17. The average Bonchev–Trinajstić information content (AvgIpc) is 3.23. The van der Waals surface area contributed by atoms with Crippen LogP contribution in [0.3, 0.4) is 0 Å². The van der Waals surface area contributed by atoms with E-state index in [1.165, 1.54) is 17.6 Å². The quantitative estimate of drug-likeness (QED) is 0.914. The highest BCUT2D eigenvalue weighted by Crippen LogP contribution is 2.11. The first-order chi connectivity index (χ1) is 11.1. The van der Waals surface area contributed by atoms with E-state index in [1.54, 1.807) is 0 Å². The summed E-state index contributed by atoms with van der Waals surface area (Å²) >= 11 is 0. The molecule has 0 bridgehead atoms. The zero-order valence-corrected chi connectivity index (χ0v) is 13.7. The van der Waals surface area contributed by atoms with Crippen molar-refractivity contribution in [2.75, 3.05) is 19.6 Å². The number of likely N-dealkylation sites (tertiary alicyclic amines) is 1. The molecule has 1 fully saturated rings. The molecule has 1 N–H and O–H groups in total. The lowest BCUT2D eigenvalue weighted by Crippen LogP contribution is -2.40. The maximum Gasteiger partial charge on any atom is 0.273 e. The number of para-hydroxylation sites is 1. The van der Waals surface area contributed by atoms with E-state index in [0.717, 1.165) is 18.8 Å². The van der Waals surface area contributed by atoms with E-state index in [0.29, 0.717) is 24.0 Å². The summed E-state index contributed by atoms with van der Waals surface area (Å²) in [5, 5.41) is 11.7. The minimum Gasteiger partial charge on any atom is -0.349 e. The SMILES string of the molecule is Cc1nn(-c2ccccc2)nc1C(=O)NC[C@H](C)N1CCCC1. The number of aromatic nitrogens is 3. The summed E-state index contributed by atoms with van der Waals surface area (Å²) in [4.78, 5) is 16.3. The van der Waals surface area contributed by atoms with Crippen LogP contribution in [0, 0.1) is 6.92 Å². The predicted octanol–water partition coefficient (Wildman–Crippen LogP) is 1.79. The highest BCUT2D eigenvalue weighted by molar-refractivity contribution is 5.93. The van der Waals surface area contributed by atoms with Gasteiger partial charge in [0.1, 0.15) is 0 Å². The van der Waals surface area contributed by atoms with Crippen LogP contribution in [-0.2, 0) is 0 Å². The van der Waals surface area contributed by atoms with E-state index < -0.39 is 0 Å². The van der Waals surface area contributed by atoms with Crippen molar-refractivity contribution in [2.45, 2.75) is 32.7 Å². The monoisotopic (exact) mass is 313 g/mol. The summed E-state index contributed by atoms with van der Waals surface area (Å²) in [5.74, 6) is -0.157. The first kappa shape index (κ1) is 15.7. The lowest BCUT2D eigenvalue weighted by molar-refractivity contribution is 0.0934. The smallest absolute Gasteiger partial charge is 0.273 e. The first-order valence-corrected chi connectivity index (χ1v) is 8.17. The summed E-state index contributed by atoms with van der Waals surface area (Å²) in [7, 11) is 0. The number of nitrogens with zero attached hydrogens (tertiary/aromatic N) is 4. The molecular formula is C17H23N5O. The Balaban J connectivity index is 1.64. The minimum atomic E-state index is -0.157. The molecule has 1 saturated heterocycles. The van der Waals surface area contributed by atoms with Gasteiger partial charge in [0, 0.05) is 12.6 Å². The molecule has 1 aromatic carbocycles. The molecule has 122 valence electrons. The molecular weight excluding hydrogens is 290 g/mol. The van der Waals surface area contributed by atoms with Crippen molar-refractivity contribution in [1.29, 1.82) is 0 Å². The van der Waals surface area contributed by atoms with E-state index in [9.17, 15) is 4.79 Å². The molecule has 1 amide bonds. The molecule has 1 atom stereocenters. The molecule has 3 rings (SSSR count). The van der Waals surface area contributed by atoms with E-state index in [2.05, 4.69) is 27.3 Å². The number of amides is 1. The Hall–Kier alpha value is -2.21. The normalized spacial score (nSPS) is 16.4. The van der Waals surface area contributed by atoms with Crippen LogP contribution in [0.5, 0.6) is 0 Å². The Morgan fingerprint density at radius 3 is 2.61 bits per heavy atom. The number of rotatable bonds is 5. The van der Waals surface area contributed by atoms with Gasteiger partial charge >= 0.3 is 0 Å². The number of aryl methyl sites for hydroxylation is 1. The van der Waals surface area contributed by atoms with Crippen LogP contribution in [-0.4, -0.2) is 51.5 Å². The molecule has 2 aromatic rings. The molecule has 23 heavy (non-hydrogen) atoms. The van der Waals surface area contributed by atoms with Crippen molar-refractivity contribution in [1.82, 2.24) is 25.2 Å². The predicted molar refractivity (Wildman–Crippen MR) is 88.7 cm³/mol. The van der Waals surface area contributed by atoms with E-state index >= 15 is 0 Å². The van der Waals surface area contributed by atoms with Gasteiger partial charge in [-0.15, -0.1) is 5.10 Å². The van der Waals surface area contributed by atoms with Gasteiger partial charge in [0.15, 0.2) is 5.69 Å². The number of benzene rings is 1. The number of hydrogen-bond donors (Lipinski definition) is 1. The Labute approximate surface area is 136 Å². The molecule has 1 aromatic heterocycles. The van der Waals surface area contributed by atoms with Gasteiger partial charge in [0.2, 0.25) is 0 Å². The second-order valence-electron chi connectivity index (χ2n) is 6.06. The number of nitrogens with one attached hydrogen (secondary N) is 1. The molecule has 0 spiro atoms. The van der Waals surface area contributed by atoms with Crippen LogP contribution in [0.4, 0.5) is 0 Å². The molecule has 0 saturated carbocycles. The van der Waals surface area contributed by atoms with Crippen LogP contribution >= 0.6 is 0 Å². The summed E-state index contributed by atoms with van der Waals surface area (Å²) in [5.41, 5.74) is 1.88. The lowest BCUT2D eigenvalue weighted by atomic mass is 10.2. The fraction of sp³-hybridized carbons (Fsp3) is 0.471. The van der Waals surface area contributed by atoms with Crippen LogP contribution in [0.25, 0.3) is 5.69 Å². The van der Waals surface area contributed by atoms with Gasteiger partial charge in [-0.2, -0.15) is 9.90 Å². The zero-order chi connectivity index (χ0) is 16.2. The van der Waals surface area contributed by atoms with Crippen LogP contribution in [0.15, 0.2) is 30.3 Å². The van der Waals surface area contributed by atoms with Gasteiger partial charge in [0.25, 0.3) is 5.91 Å². The largest absolute Gasteiger partial charge is 0.349 e. The highest BCUT2D eigenvalue weighted by Gasteiger charge is 2.20. The fourth-order valence-electron chi connectivity index (χ4n) is 2.90. The van der Waals surface area contributed by atoms with Crippen LogP contribution in [0.1, 0.15) is 35.9 Å². The van der Waals surface area contributed by atoms with Gasteiger partial charge < -0.3 is 5.32 Å². The fourth-order valence-corrected chi connectivity index (χ4v) is 2.90. The Bertz CT molecular complexity index is 661. The summed E-state index contributed by atoms with van der Waals surface area (Å²) in [6, 6.07) is 9.96. The van der Waals surface area contributed by atoms with Gasteiger partial charge in [0.05, 0.1) is 11.4 Å². The van der Waals surface area contributed by atoms with Crippen LogP contribution in [0.2, 0.25) is 0 Å². The Morgan fingerprint density at radius 1 is 1.22 bits per heavy atom. The van der Waals surface area contributed by atoms with Crippen molar-refractivity contribution in [2.24, 2.45) is 0 Å². The lowest BCUT2D eigenvalue weighted by Gasteiger charge is -2.23. The second-order valence-corrected chi connectivity index (χ2v) is 6.06. The third kappa shape index (κ3) is 3.59. The third-order valence-corrected chi connectivity index (χ3v) is 4.31. The van der Waals surface area contributed by atoms with Crippen molar-refractivity contribution in [3.05, 3.63) is 41.7 Å². The molecule has 1 aliphatic heterocycles. The summed E-state index contributed by atoms with van der Waals surface area (Å²) < 4.78 is 0. The van der Waals surface area contributed by atoms with Gasteiger partial charge in [-0.1, -0.05) is 18.2 Å². The molecule has 0 aliphatic carbocycles. The van der Waals surface area contributed by atoms with E-state index in [-0.39, 0.29) is 5.91 Å². The molecule has 6 nitrogen and oxygen atoms in total. The van der Waals surface area contributed by atoms with E-state index in [4.69, 9.17) is 0 Å². The summed E-state index contributed by atoms with van der Waals surface area (Å²) in [6.45, 7) is 6.85. The average molecular weight is 313 g/mol. The number of carbonyl (C=O) groups is 1. The topological polar surface area (TPSA) is 63.1 Å². The van der Waals surface area contributed by atoms with Gasteiger partial charge in [-0.3, -0.25) is 9.69 Å². The van der Waals surface area contributed by atoms with Gasteiger partial charge in [-0.05, 0) is 51.9 Å². The number of hydrogen-bond acceptors (Lipinski definition) is 4. The van der Waals surface area contributed by atoms with Crippen molar-refractivity contribution in [3.8, 4) is 5.69 Å². The van der Waals surface area contributed by atoms with Gasteiger partial charge in [-0.25, -0.2) is 0 Å². The number of carbonyl (C=O) groups excluding carboxylic acids is 1. The van der Waals surface area contributed by atoms with Crippen molar-refractivity contribution >= 4 is 5.91 Å². The Kier molecular flexibility index (Phi) is 4.71.